The third-order valence-corrected chi connectivity index (χ3v) is 6.24. The average Bonchev–Trinajstić information content (AvgIpc) is 3.42. The first-order valence-corrected chi connectivity index (χ1v) is 10.4. The fourth-order valence-electron chi connectivity index (χ4n) is 3.64. The van der Waals surface area contributed by atoms with Gasteiger partial charge in [-0.1, -0.05) is 25.3 Å². The summed E-state index contributed by atoms with van der Waals surface area (Å²) in [6.07, 6.45) is 7.82. The van der Waals surface area contributed by atoms with Crippen molar-refractivity contribution < 1.29 is 9.21 Å². The van der Waals surface area contributed by atoms with Gasteiger partial charge in [0.15, 0.2) is 11.7 Å². The van der Waals surface area contributed by atoms with Crippen LogP contribution in [0.3, 0.4) is 0 Å². The van der Waals surface area contributed by atoms with Gasteiger partial charge >= 0.3 is 0 Å². The normalized spacial score (nSPS) is 16.1. The maximum atomic E-state index is 11.8. The van der Waals surface area contributed by atoms with Crippen molar-refractivity contribution in [3.05, 3.63) is 46.5 Å². The third kappa shape index (κ3) is 5.97. The molecule has 1 saturated carbocycles. The number of aliphatic imine (C=N–C) groups is 1. The van der Waals surface area contributed by atoms with Crippen LogP contribution in [0.2, 0.25) is 0 Å². The Morgan fingerprint density at radius 2 is 1.93 bits per heavy atom. The van der Waals surface area contributed by atoms with E-state index in [9.17, 15) is 4.79 Å². The summed E-state index contributed by atoms with van der Waals surface area (Å²) in [6, 6.07) is 7.76. The summed E-state index contributed by atoms with van der Waals surface area (Å²) in [5.41, 5.74) is 0.206. The van der Waals surface area contributed by atoms with E-state index in [1.807, 2.05) is 11.3 Å². The molecule has 0 atom stereocenters. The zero-order chi connectivity index (χ0) is 19.0. The molecule has 2 aromatic rings. The van der Waals surface area contributed by atoms with E-state index in [4.69, 9.17) is 4.42 Å². The summed E-state index contributed by atoms with van der Waals surface area (Å²) in [4.78, 5) is 17.6. The van der Waals surface area contributed by atoms with Gasteiger partial charge in [0.1, 0.15) is 0 Å². The molecule has 1 fully saturated rings. The number of hydrogen-bond acceptors (Lipinski definition) is 4. The highest BCUT2D eigenvalue weighted by molar-refractivity contribution is 14.0. The average molecular weight is 516 g/mol. The van der Waals surface area contributed by atoms with E-state index in [0.717, 1.165) is 12.5 Å². The first-order chi connectivity index (χ1) is 13.2. The van der Waals surface area contributed by atoms with Gasteiger partial charge in [0.05, 0.1) is 6.26 Å². The zero-order valence-electron chi connectivity index (χ0n) is 16.2. The van der Waals surface area contributed by atoms with Crippen molar-refractivity contribution in [2.45, 2.75) is 37.5 Å². The van der Waals surface area contributed by atoms with Crippen molar-refractivity contribution in [3.63, 3.8) is 0 Å². The largest absolute Gasteiger partial charge is 0.459 e. The summed E-state index contributed by atoms with van der Waals surface area (Å²) in [6.45, 7) is 1.97. The molecule has 1 aliphatic carbocycles. The molecule has 0 aliphatic heterocycles. The van der Waals surface area contributed by atoms with E-state index in [2.05, 4.69) is 38.5 Å². The van der Waals surface area contributed by atoms with Crippen LogP contribution in [0.15, 0.2) is 45.3 Å². The van der Waals surface area contributed by atoms with Crippen LogP contribution in [-0.4, -0.2) is 38.5 Å². The topological polar surface area (TPSA) is 78.7 Å². The quantitative estimate of drug-likeness (QED) is 0.227. The minimum Gasteiger partial charge on any atom is -0.459 e. The van der Waals surface area contributed by atoms with Crippen LogP contribution >= 0.6 is 35.3 Å². The third-order valence-electron chi connectivity index (χ3n) is 5.12. The molecule has 1 aliphatic rings. The number of furan rings is 1. The molecular weight excluding hydrogens is 487 g/mol. The standard InChI is InChI=1S/C20H28N4O2S.HI/c1-21-19(23-12-11-22-18(25)16-7-5-13-26-16)24-15-20(9-3-2-4-10-20)17-8-6-14-27-17;/h5-8,13-14H,2-4,9-12,15H2,1H3,(H,22,25)(H2,21,23,24);1H. The Balaban J connectivity index is 0.00000280. The van der Waals surface area contributed by atoms with Crippen molar-refractivity contribution in [2.75, 3.05) is 26.7 Å². The highest BCUT2D eigenvalue weighted by atomic mass is 127. The molecule has 0 radical (unpaired) electrons. The Bertz CT molecular complexity index is 725. The van der Waals surface area contributed by atoms with Gasteiger partial charge in [-0.2, -0.15) is 0 Å². The SMILES string of the molecule is CN=C(NCCNC(=O)c1ccco1)NCC1(c2cccs2)CCCCC1.I. The number of nitrogens with zero attached hydrogens (tertiary/aromatic N) is 1. The molecule has 0 saturated heterocycles. The van der Waals surface area contributed by atoms with Gasteiger partial charge < -0.3 is 20.4 Å². The maximum absolute atomic E-state index is 11.8. The lowest BCUT2D eigenvalue weighted by Gasteiger charge is -2.37. The molecular formula is C20H29IN4O2S. The number of carbonyl (C=O) groups excluding carboxylic acids is 1. The summed E-state index contributed by atoms with van der Waals surface area (Å²) >= 11 is 1.85. The predicted molar refractivity (Wildman–Crippen MR) is 125 cm³/mol. The number of guanidine groups is 1. The minimum atomic E-state index is -0.205. The first-order valence-electron chi connectivity index (χ1n) is 9.54. The molecule has 3 N–H and O–H groups in total. The molecule has 1 amide bonds. The van der Waals surface area contributed by atoms with Crippen LogP contribution in [0.1, 0.15) is 47.5 Å². The monoisotopic (exact) mass is 516 g/mol. The number of carbonyl (C=O) groups is 1. The lowest BCUT2D eigenvalue weighted by molar-refractivity contribution is 0.0926. The van der Waals surface area contributed by atoms with Crippen LogP contribution in [0.5, 0.6) is 0 Å². The van der Waals surface area contributed by atoms with Gasteiger partial charge in [-0.05, 0) is 36.4 Å². The highest BCUT2D eigenvalue weighted by Crippen LogP contribution is 2.41. The molecule has 3 rings (SSSR count). The summed E-state index contributed by atoms with van der Waals surface area (Å²) < 4.78 is 5.08. The minimum absolute atomic E-state index is 0. The number of nitrogens with one attached hydrogen (secondary N) is 3. The molecule has 0 spiro atoms. The fourth-order valence-corrected chi connectivity index (χ4v) is 4.63. The van der Waals surface area contributed by atoms with E-state index in [0.29, 0.717) is 18.8 Å². The zero-order valence-corrected chi connectivity index (χ0v) is 19.3. The molecule has 0 aromatic carbocycles. The Morgan fingerprint density at radius 3 is 2.57 bits per heavy atom. The summed E-state index contributed by atoms with van der Waals surface area (Å²) in [5.74, 6) is 0.889. The van der Waals surface area contributed by atoms with Crippen LogP contribution in [-0.2, 0) is 5.41 Å². The van der Waals surface area contributed by atoms with E-state index in [-0.39, 0.29) is 35.3 Å². The van der Waals surface area contributed by atoms with Crippen molar-refractivity contribution in [1.82, 2.24) is 16.0 Å². The van der Waals surface area contributed by atoms with Crippen LogP contribution in [0.25, 0.3) is 0 Å². The smallest absolute Gasteiger partial charge is 0.287 e. The molecule has 0 bridgehead atoms. The number of amides is 1. The molecule has 154 valence electrons. The number of hydrogen-bond donors (Lipinski definition) is 3. The Kier molecular flexibility index (Phi) is 9.30. The molecule has 28 heavy (non-hydrogen) atoms. The molecule has 0 unspecified atom stereocenters. The summed E-state index contributed by atoms with van der Waals surface area (Å²) in [7, 11) is 1.77. The van der Waals surface area contributed by atoms with E-state index < -0.39 is 0 Å². The predicted octanol–water partition coefficient (Wildman–Crippen LogP) is 3.76. The van der Waals surface area contributed by atoms with Crippen molar-refractivity contribution >= 4 is 47.2 Å². The van der Waals surface area contributed by atoms with Gasteiger partial charge in [-0.3, -0.25) is 9.79 Å². The van der Waals surface area contributed by atoms with E-state index >= 15 is 0 Å². The maximum Gasteiger partial charge on any atom is 0.287 e. The number of halogens is 1. The Morgan fingerprint density at radius 1 is 1.14 bits per heavy atom. The second-order valence-electron chi connectivity index (χ2n) is 6.90. The Hall–Kier alpha value is -1.55. The van der Waals surface area contributed by atoms with Crippen molar-refractivity contribution in [1.29, 1.82) is 0 Å². The first kappa shape index (κ1) is 22.7. The molecule has 8 heteroatoms. The van der Waals surface area contributed by atoms with Crippen LogP contribution in [0.4, 0.5) is 0 Å². The van der Waals surface area contributed by atoms with Gasteiger partial charge in [0.25, 0.3) is 5.91 Å². The van der Waals surface area contributed by atoms with Crippen molar-refractivity contribution in [3.8, 4) is 0 Å². The second kappa shape index (κ2) is 11.5. The van der Waals surface area contributed by atoms with Crippen LogP contribution in [0, 0.1) is 0 Å². The van der Waals surface area contributed by atoms with Gasteiger partial charge in [0.2, 0.25) is 0 Å². The molecule has 2 aromatic heterocycles. The number of rotatable bonds is 7. The molecule has 2 heterocycles. The van der Waals surface area contributed by atoms with E-state index in [1.165, 1.54) is 43.2 Å². The molecule has 6 nitrogen and oxygen atoms in total. The van der Waals surface area contributed by atoms with Crippen molar-refractivity contribution in [2.24, 2.45) is 4.99 Å². The van der Waals surface area contributed by atoms with E-state index in [1.54, 1.807) is 19.2 Å². The lowest BCUT2D eigenvalue weighted by Crippen LogP contribution is -2.47. The Labute approximate surface area is 187 Å². The lowest BCUT2D eigenvalue weighted by atomic mass is 9.73. The highest BCUT2D eigenvalue weighted by Gasteiger charge is 2.34. The van der Waals surface area contributed by atoms with Gasteiger partial charge in [-0.25, -0.2) is 0 Å². The summed E-state index contributed by atoms with van der Waals surface area (Å²) in [5, 5.41) is 11.8. The number of thiophene rings is 1. The van der Waals surface area contributed by atoms with Gasteiger partial charge in [0, 0.05) is 37.0 Å². The van der Waals surface area contributed by atoms with Gasteiger partial charge in [-0.15, -0.1) is 35.3 Å². The van der Waals surface area contributed by atoms with Crippen LogP contribution < -0.4 is 16.0 Å². The second-order valence-corrected chi connectivity index (χ2v) is 7.85. The fraction of sp³-hybridized carbons (Fsp3) is 0.500.